The SMILES string of the molecule is CCN(CC(=O)Nc1ccccc1C#N)CC(=O)Nc1ccccc1OC. The first-order chi connectivity index (χ1) is 13.1. The fourth-order valence-electron chi connectivity index (χ4n) is 2.50. The number of hydrogen-bond donors (Lipinski definition) is 2. The van der Waals surface area contributed by atoms with Crippen molar-refractivity contribution in [1.29, 1.82) is 5.26 Å². The molecule has 0 aromatic heterocycles. The molecule has 0 saturated carbocycles. The maximum Gasteiger partial charge on any atom is 0.238 e. The van der Waals surface area contributed by atoms with Gasteiger partial charge in [0.25, 0.3) is 0 Å². The van der Waals surface area contributed by atoms with E-state index in [0.717, 1.165) is 0 Å². The van der Waals surface area contributed by atoms with Crippen molar-refractivity contribution in [2.45, 2.75) is 6.92 Å². The van der Waals surface area contributed by atoms with Gasteiger partial charge in [0.2, 0.25) is 11.8 Å². The van der Waals surface area contributed by atoms with E-state index in [0.29, 0.717) is 29.2 Å². The molecule has 0 aliphatic heterocycles. The molecule has 7 heteroatoms. The Morgan fingerprint density at radius 3 is 2.15 bits per heavy atom. The molecule has 0 fully saturated rings. The van der Waals surface area contributed by atoms with Gasteiger partial charge in [-0.25, -0.2) is 0 Å². The zero-order valence-corrected chi connectivity index (χ0v) is 15.4. The second kappa shape index (κ2) is 9.94. The van der Waals surface area contributed by atoms with Gasteiger partial charge in [0, 0.05) is 0 Å². The largest absolute Gasteiger partial charge is 0.495 e. The summed E-state index contributed by atoms with van der Waals surface area (Å²) in [5.41, 5.74) is 1.43. The molecule has 0 unspecified atom stereocenters. The lowest BCUT2D eigenvalue weighted by atomic mass is 10.2. The van der Waals surface area contributed by atoms with E-state index in [1.165, 1.54) is 7.11 Å². The lowest BCUT2D eigenvalue weighted by Gasteiger charge is -2.20. The van der Waals surface area contributed by atoms with Gasteiger partial charge in [-0.15, -0.1) is 0 Å². The molecular formula is C20H22N4O3. The highest BCUT2D eigenvalue weighted by Crippen LogP contribution is 2.22. The summed E-state index contributed by atoms with van der Waals surface area (Å²) in [6.07, 6.45) is 0. The highest BCUT2D eigenvalue weighted by atomic mass is 16.5. The number of anilines is 2. The van der Waals surface area contributed by atoms with Crippen LogP contribution in [0.1, 0.15) is 12.5 Å². The van der Waals surface area contributed by atoms with E-state index in [-0.39, 0.29) is 24.9 Å². The van der Waals surface area contributed by atoms with Gasteiger partial charge in [-0.1, -0.05) is 31.2 Å². The number of likely N-dealkylation sites (N-methyl/N-ethyl adjacent to an activating group) is 1. The number of carbonyl (C=O) groups excluding carboxylic acids is 2. The number of para-hydroxylation sites is 3. The number of ether oxygens (including phenoxy) is 1. The van der Waals surface area contributed by atoms with E-state index in [9.17, 15) is 9.59 Å². The molecule has 2 N–H and O–H groups in total. The molecule has 0 radical (unpaired) electrons. The van der Waals surface area contributed by atoms with Crippen LogP contribution in [0.25, 0.3) is 0 Å². The fraction of sp³-hybridized carbons (Fsp3) is 0.250. The fourth-order valence-corrected chi connectivity index (χ4v) is 2.50. The molecule has 0 atom stereocenters. The molecule has 2 rings (SSSR count). The minimum absolute atomic E-state index is 0.0373. The first-order valence-corrected chi connectivity index (χ1v) is 8.51. The molecule has 7 nitrogen and oxygen atoms in total. The summed E-state index contributed by atoms with van der Waals surface area (Å²) >= 11 is 0. The van der Waals surface area contributed by atoms with Gasteiger partial charge >= 0.3 is 0 Å². The first kappa shape index (κ1) is 19.9. The Bertz CT molecular complexity index is 845. The van der Waals surface area contributed by atoms with E-state index in [2.05, 4.69) is 10.6 Å². The van der Waals surface area contributed by atoms with Crippen molar-refractivity contribution in [2.75, 3.05) is 37.4 Å². The standard InChI is InChI=1S/C20H22N4O3/c1-3-24(13-19(25)22-16-9-5-4-8-15(16)12-21)14-20(26)23-17-10-6-7-11-18(17)27-2/h4-11H,3,13-14H2,1-2H3,(H,22,25)(H,23,26). The number of amides is 2. The van der Waals surface area contributed by atoms with Crippen LogP contribution >= 0.6 is 0 Å². The van der Waals surface area contributed by atoms with E-state index < -0.39 is 0 Å². The average Bonchev–Trinajstić information content (AvgIpc) is 2.68. The summed E-state index contributed by atoms with van der Waals surface area (Å²) in [6, 6.07) is 15.9. The number of hydrogen-bond acceptors (Lipinski definition) is 5. The average molecular weight is 366 g/mol. The van der Waals surface area contributed by atoms with Gasteiger partial charge in [0.05, 0.1) is 37.1 Å². The molecule has 0 aliphatic rings. The number of carbonyl (C=O) groups is 2. The predicted molar refractivity (Wildman–Crippen MR) is 104 cm³/mol. The Kier molecular flexibility index (Phi) is 7.35. The Balaban J connectivity index is 1.93. The summed E-state index contributed by atoms with van der Waals surface area (Å²) in [5.74, 6) is 0.0379. The van der Waals surface area contributed by atoms with Crippen LogP contribution in [0.2, 0.25) is 0 Å². The van der Waals surface area contributed by atoms with Gasteiger partial charge in [-0.05, 0) is 30.8 Å². The summed E-state index contributed by atoms with van der Waals surface area (Å²) in [4.78, 5) is 26.3. The third kappa shape index (κ3) is 5.83. The van der Waals surface area contributed by atoms with Gasteiger partial charge in [0.15, 0.2) is 0 Å². The number of nitrogens with one attached hydrogen (secondary N) is 2. The smallest absolute Gasteiger partial charge is 0.238 e. The van der Waals surface area contributed by atoms with Crippen LogP contribution in [0, 0.1) is 11.3 Å². The van der Waals surface area contributed by atoms with Crippen molar-refractivity contribution in [3.63, 3.8) is 0 Å². The molecule has 0 heterocycles. The summed E-state index contributed by atoms with van der Waals surface area (Å²) in [5, 5.41) is 14.6. The van der Waals surface area contributed by atoms with Crippen LogP contribution in [-0.2, 0) is 9.59 Å². The van der Waals surface area contributed by atoms with Crippen molar-refractivity contribution in [3.8, 4) is 11.8 Å². The molecule has 2 aromatic rings. The molecule has 2 amide bonds. The van der Waals surface area contributed by atoms with Crippen LogP contribution in [-0.4, -0.2) is 43.5 Å². The van der Waals surface area contributed by atoms with Gasteiger partial charge in [-0.3, -0.25) is 14.5 Å². The normalized spacial score (nSPS) is 10.1. The Morgan fingerprint density at radius 1 is 1.00 bits per heavy atom. The van der Waals surface area contributed by atoms with Crippen molar-refractivity contribution in [2.24, 2.45) is 0 Å². The maximum atomic E-state index is 12.3. The molecule has 0 aliphatic carbocycles. The van der Waals surface area contributed by atoms with Crippen molar-refractivity contribution in [1.82, 2.24) is 4.90 Å². The highest BCUT2D eigenvalue weighted by Gasteiger charge is 2.15. The lowest BCUT2D eigenvalue weighted by molar-refractivity contribution is -0.119. The summed E-state index contributed by atoms with van der Waals surface area (Å²) in [6.45, 7) is 2.48. The van der Waals surface area contributed by atoms with Crippen molar-refractivity contribution < 1.29 is 14.3 Å². The molecule has 2 aromatic carbocycles. The molecule has 0 saturated heterocycles. The van der Waals surface area contributed by atoms with E-state index in [4.69, 9.17) is 10.00 Å². The van der Waals surface area contributed by atoms with Crippen LogP contribution in [0.5, 0.6) is 5.75 Å². The second-order valence-electron chi connectivity index (χ2n) is 5.76. The van der Waals surface area contributed by atoms with Gasteiger partial charge in [0.1, 0.15) is 11.8 Å². The van der Waals surface area contributed by atoms with Crippen molar-refractivity contribution >= 4 is 23.2 Å². The number of nitriles is 1. The minimum atomic E-state index is -0.287. The zero-order valence-electron chi connectivity index (χ0n) is 15.4. The van der Waals surface area contributed by atoms with Crippen LogP contribution in [0.4, 0.5) is 11.4 Å². The number of rotatable bonds is 8. The summed E-state index contributed by atoms with van der Waals surface area (Å²) in [7, 11) is 1.53. The predicted octanol–water partition coefficient (Wildman–Crippen LogP) is 2.47. The first-order valence-electron chi connectivity index (χ1n) is 8.51. The highest BCUT2D eigenvalue weighted by molar-refractivity contribution is 5.96. The quantitative estimate of drug-likeness (QED) is 0.748. The van der Waals surface area contributed by atoms with Gasteiger partial charge in [-0.2, -0.15) is 5.26 Å². The van der Waals surface area contributed by atoms with E-state index in [1.807, 2.05) is 19.1 Å². The Hall–Kier alpha value is -3.37. The monoisotopic (exact) mass is 366 g/mol. The molecular weight excluding hydrogens is 344 g/mol. The molecule has 140 valence electrons. The van der Waals surface area contributed by atoms with E-state index in [1.54, 1.807) is 47.4 Å². The number of nitrogens with zero attached hydrogens (tertiary/aromatic N) is 2. The lowest BCUT2D eigenvalue weighted by Crippen LogP contribution is -2.38. The van der Waals surface area contributed by atoms with Gasteiger partial charge < -0.3 is 15.4 Å². The third-order valence-electron chi connectivity index (χ3n) is 3.88. The Morgan fingerprint density at radius 2 is 1.56 bits per heavy atom. The topological polar surface area (TPSA) is 94.5 Å². The third-order valence-corrected chi connectivity index (χ3v) is 3.88. The zero-order chi connectivity index (χ0) is 19.6. The molecule has 27 heavy (non-hydrogen) atoms. The van der Waals surface area contributed by atoms with Crippen LogP contribution in [0.15, 0.2) is 48.5 Å². The second-order valence-corrected chi connectivity index (χ2v) is 5.76. The van der Waals surface area contributed by atoms with E-state index >= 15 is 0 Å². The van der Waals surface area contributed by atoms with Crippen LogP contribution in [0.3, 0.4) is 0 Å². The number of methoxy groups -OCH3 is 1. The maximum absolute atomic E-state index is 12.3. The molecule has 0 bridgehead atoms. The van der Waals surface area contributed by atoms with Crippen LogP contribution < -0.4 is 15.4 Å². The Labute approximate surface area is 158 Å². The number of benzene rings is 2. The van der Waals surface area contributed by atoms with Crippen molar-refractivity contribution in [3.05, 3.63) is 54.1 Å². The minimum Gasteiger partial charge on any atom is -0.495 e. The molecule has 0 spiro atoms. The summed E-state index contributed by atoms with van der Waals surface area (Å²) < 4.78 is 5.21.